The van der Waals surface area contributed by atoms with Crippen LogP contribution in [0.2, 0.25) is 0 Å². The molecule has 0 bridgehead atoms. The van der Waals surface area contributed by atoms with Gasteiger partial charge < -0.3 is 10.4 Å². The summed E-state index contributed by atoms with van der Waals surface area (Å²) in [5.41, 5.74) is 0.394. The van der Waals surface area contributed by atoms with Crippen molar-refractivity contribution in [2.24, 2.45) is 0 Å². The molecule has 1 saturated heterocycles. The fraction of sp³-hybridized carbons (Fsp3) is 0.600. The average Bonchev–Trinajstić information content (AvgIpc) is 2.95. The quantitative estimate of drug-likeness (QED) is 0.839. The Balaban J connectivity index is 1.76. The first kappa shape index (κ1) is 15.4. The molecule has 3 nitrogen and oxygen atoms in total. The molecule has 2 N–H and O–H groups in total. The van der Waals surface area contributed by atoms with E-state index in [9.17, 15) is 13.9 Å². The monoisotopic (exact) mass is 284 g/mol. The number of benzene rings is 1. The van der Waals surface area contributed by atoms with Crippen LogP contribution in [-0.2, 0) is 0 Å². The van der Waals surface area contributed by atoms with E-state index in [-0.39, 0.29) is 0 Å². The van der Waals surface area contributed by atoms with Crippen LogP contribution in [0.25, 0.3) is 0 Å². The van der Waals surface area contributed by atoms with Gasteiger partial charge in [-0.3, -0.25) is 4.90 Å². The first-order valence-electron chi connectivity index (χ1n) is 7.15. The van der Waals surface area contributed by atoms with Crippen molar-refractivity contribution in [3.63, 3.8) is 0 Å². The smallest absolute Gasteiger partial charge is 0.159 e. The molecule has 0 radical (unpaired) electrons. The Morgan fingerprint density at radius 1 is 1.20 bits per heavy atom. The molecule has 1 heterocycles. The van der Waals surface area contributed by atoms with Crippen LogP contribution in [0, 0.1) is 11.6 Å². The first-order valence-corrected chi connectivity index (χ1v) is 7.15. The number of hydrogen-bond acceptors (Lipinski definition) is 3. The van der Waals surface area contributed by atoms with Crippen LogP contribution >= 0.6 is 0 Å². The molecule has 0 saturated carbocycles. The van der Waals surface area contributed by atoms with E-state index < -0.39 is 17.7 Å². The Kier molecular flexibility index (Phi) is 5.46. The van der Waals surface area contributed by atoms with E-state index in [1.165, 1.54) is 18.9 Å². The molecule has 1 aliphatic heterocycles. The third-order valence-electron chi connectivity index (χ3n) is 3.87. The van der Waals surface area contributed by atoms with Gasteiger partial charge in [-0.15, -0.1) is 0 Å². The van der Waals surface area contributed by atoms with Crippen molar-refractivity contribution in [2.45, 2.75) is 31.9 Å². The minimum atomic E-state index is -0.924. The van der Waals surface area contributed by atoms with E-state index in [1.54, 1.807) is 0 Å². The van der Waals surface area contributed by atoms with Crippen molar-refractivity contribution in [3.05, 3.63) is 35.4 Å². The summed E-state index contributed by atoms with van der Waals surface area (Å²) in [6.45, 7) is 5.54. The zero-order valence-electron chi connectivity index (χ0n) is 11.8. The number of hydrogen-bond donors (Lipinski definition) is 2. The molecule has 1 aromatic carbocycles. The Labute approximate surface area is 118 Å². The molecule has 112 valence electrons. The van der Waals surface area contributed by atoms with Crippen LogP contribution in [-0.4, -0.2) is 42.2 Å². The highest BCUT2D eigenvalue weighted by Gasteiger charge is 2.18. The van der Waals surface area contributed by atoms with Crippen LogP contribution in [0.4, 0.5) is 8.78 Å². The van der Waals surface area contributed by atoms with Gasteiger partial charge in [0.1, 0.15) is 0 Å². The van der Waals surface area contributed by atoms with Gasteiger partial charge in [0.25, 0.3) is 0 Å². The predicted molar refractivity (Wildman–Crippen MR) is 74.5 cm³/mol. The number of aliphatic hydroxyl groups excluding tert-OH is 1. The third kappa shape index (κ3) is 3.98. The van der Waals surface area contributed by atoms with Crippen molar-refractivity contribution < 1.29 is 13.9 Å². The van der Waals surface area contributed by atoms with Crippen LogP contribution in [0.1, 0.15) is 31.4 Å². The highest BCUT2D eigenvalue weighted by atomic mass is 19.2. The first-order chi connectivity index (χ1) is 9.58. The number of aliphatic hydroxyl groups is 1. The second kappa shape index (κ2) is 7.11. The lowest BCUT2D eigenvalue weighted by Crippen LogP contribution is -2.39. The Morgan fingerprint density at radius 3 is 2.55 bits per heavy atom. The van der Waals surface area contributed by atoms with Crippen molar-refractivity contribution in [1.82, 2.24) is 10.2 Å². The molecule has 1 aromatic rings. The van der Waals surface area contributed by atoms with E-state index in [4.69, 9.17) is 0 Å². The summed E-state index contributed by atoms with van der Waals surface area (Å²) in [5.74, 6) is -1.82. The van der Waals surface area contributed by atoms with Gasteiger partial charge in [0.15, 0.2) is 11.6 Å². The van der Waals surface area contributed by atoms with Gasteiger partial charge in [-0.05, 0) is 50.6 Å². The maximum absolute atomic E-state index is 13.1. The highest BCUT2D eigenvalue weighted by molar-refractivity contribution is 5.20. The van der Waals surface area contributed by atoms with Gasteiger partial charge in [-0.2, -0.15) is 0 Å². The number of halogens is 2. The van der Waals surface area contributed by atoms with E-state index >= 15 is 0 Å². The van der Waals surface area contributed by atoms with Gasteiger partial charge in [0.2, 0.25) is 0 Å². The molecule has 0 amide bonds. The Bertz CT molecular complexity index is 436. The number of nitrogens with one attached hydrogen (secondary N) is 1. The Morgan fingerprint density at radius 2 is 1.90 bits per heavy atom. The van der Waals surface area contributed by atoms with Crippen LogP contribution in [0.3, 0.4) is 0 Å². The molecule has 5 heteroatoms. The van der Waals surface area contributed by atoms with Crippen molar-refractivity contribution in [1.29, 1.82) is 0 Å². The maximum Gasteiger partial charge on any atom is 0.159 e. The molecular formula is C15H22F2N2O. The van der Waals surface area contributed by atoms with E-state index in [0.717, 1.165) is 31.8 Å². The number of nitrogens with zero attached hydrogens (tertiary/aromatic N) is 1. The Hall–Kier alpha value is -1.04. The van der Waals surface area contributed by atoms with Crippen molar-refractivity contribution in [2.75, 3.05) is 26.2 Å². The SMILES string of the molecule is CC(CNCC(O)c1ccc(F)c(F)c1)N1CCCC1. The zero-order chi connectivity index (χ0) is 14.5. The molecule has 20 heavy (non-hydrogen) atoms. The van der Waals surface area contributed by atoms with Gasteiger partial charge in [0, 0.05) is 19.1 Å². The van der Waals surface area contributed by atoms with Crippen LogP contribution < -0.4 is 5.32 Å². The largest absolute Gasteiger partial charge is 0.387 e. The zero-order valence-corrected chi connectivity index (χ0v) is 11.8. The molecule has 2 rings (SSSR count). The van der Waals surface area contributed by atoms with Gasteiger partial charge in [-0.1, -0.05) is 6.07 Å². The second-order valence-corrected chi connectivity index (χ2v) is 5.44. The van der Waals surface area contributed by atoms with Gasteiger partial charge in [-0.25, -0.2) is 8.78 Å². The summed E-state index contributed by atoms with van der Waals surface area (Å²) in [5, 5.41) is 13.1. The lowest BCUT2D eigenvalue weighted by atomic mass is 10.1. The lowest BCUT2D eigenvalue weighted by molar-refractivity contribution is 0.167. The van der Waals surface area contributed by atoms with E-state index in [2.05, 4.69) is 17.1 Å². The summed E-state index contributed by atoms with van der Waals surface area (Å²) < 4.78 is 25.9. The van der Waals surface area contributed by atoms with Crippen LogP contribution in [0.5, 0.6) is 0 Å². The topological polar surface area (TPSA) is 35.5 Å². The molecule has 1 aliphatic rings. The molecule has 2 unspecified atom stereocenters. The summed E-state index contributed by atoms with van der Waals surface area (Å²) >= 11 is 0. The highest BCUT2D eigenvalue weighted by Crippen LogP contribution is 2.16. The molecule has 0 spiro atoms. The van der Waals surface area contributed by atoms with Gasteiger partial charge >= 0.3 is 0 Å². The summed E-state index contributed by atoms with van der Waals surface area (Å²) in [4.78, 5) is 2.41. The van der Waals surface area contributed by atoms with Crippen LogP contribution in [0.15, 0.2) is 18.2 Å². The maximum atomic E-state index is 13.1. The number of rotatable bonds is 6. The second-order valence-electron chi connectivity index (χ2n) is 5.44. The van der Waals surface area contributed by atoms with Crippen molar-refractivity contribution >= 4 is 0 Å². The standard InChI is InChI=1S/C15H22F2N2O/c1-11(19-6-2-3-7-19)9-18-10-15(20)12-4-5-13(16)14(17)8-12/h4-5,8,11,15,18,20H,2-3,6-7,9-10H2,1H3. The molecular weight excluding hydrogens is 262 g/mol. The minimum Gasteiger partial charge on any atom is -0.387 e. The number of likely N-dealkylation sites (tertiary alicyclic amines) is 1. The molecule has 1 fully saturated rings. The summed E-state index contributed by atoms with van der Waals surface area (Å²) in [6.07, 6.45) is 1.68. The third-order valence-corrected chi connectivity index (χ3v) is 3.87. The predicted octanol–water partition coefficient (Wildman–Crippen LogP) is 2.07. The lowest BCUT2D eigenvalue weighted by Gasteiger charge is -2.24. The van der Waals surface area contributed by atoms with Crippen molar-refractivity contribution in [3.8, 4) is 0 Å². The van der Waals surface area contributed by atoms with E-state index in [1.807, 2.05) is 0 Å². The van der Waals surface area contributed by atoms with E-state index in [0.29, 0.717) is 18.2 Å². The fourth-order valence-electron chi connectivity index (χ4n) is 2.58. The summed E-state index contributed by atoms with van der Waals surface area (Å²) in [6, 6.07) is 3.93. The van der Waals surface area contributed by atoms with Gasteiger partial charge in [0.05, 0.1) is 6.10 Å². The molecule has 0 aromatic heterocycles. The fourth-order valence-corrected chi connectivity index (χ4v) is 2.58. The average molecular weight is 284 g/mol. The molecule has 2 atom stereocenters. The normalized spacial score (nSPS) is 19.2. The molecule has 0 aliphatic carbocycles. The minimum absolute atomic E-state index is 0.337. The summed E-state index contributed by atoms with van der Waals surface area (Å²) in [7, 11) is 0.